The van der Waals surface area contributed by atoms with Gasteiger partial charge in [0.15, 0.2) is 0 Å². The van der Waals surface area contributed by atoms with Gasteiger partial charge in [0.1, 0.15) is 5.75 Å². The lowest BCUT2D eigenvalue weighted by Gasteiger charge is -2.26. The molecule has 1 atom stereocenters. The predicted molar refractivity (Wildman–Crippen MR) is 75.1 cm³/mol. The van der Waals surface area contributed by atoms with Gasteiger partial charge in [0.25, 0.3) is 0 Å². The van der Waals surface area contributed by atoms with Crippen LogP contribution in [0.15, 0.2) is 12.1 Å². The van der Waals surface area contributed by atoms with Gasteiger partial charge in [-0.3, -0.25) is 0 Å². The van der Waals surface area contributed by atoms with Gasteiger partial charge in [0.2, 0.25) is 0 Å². The lowest BCUT2D eigenvalue weighted by Crippen LogP contribution is -2.20. The molecular weight excluding hydrogens is 226 g/mol. The quantitative estimate of drug-likeness (QED) is 0.864. The van der Waals surface area contributed by atoms with E-state index in [1.807, 2.05) is 6.07 Å². The summed E-state index contributed by atoms with van der Waals surface area (Å²) in [7, 11) is 1.66. The van der Waals surface area contributed by atoms with Crippen molar-refractivity contribution < 1.29 is 9.84 Å². The summed E-state index contributed by atoms with van der Waals surface area (Å²) in [4.78, 5) is 0. The van der Waals surface area contributed by atoms with E-state index in [9.17, 15) is 5.11 Å². The molecule has 1 unspecified atom stereocenters. The van der Waals surface area contributed by atoms with Crippen LogP contribution in [0.25, 0.3) is 0 Å². The molecule has 0 bridgehead atoms. The number of aliphatic hydroxyl groups is 1. The van der Waals surface area contributed by atoms with Crippen molar-refractivity contribution in [1.29, 1.82) is 0 Å². The van der Waals surface area contributed by atoms with Gasteiger partial charge in [0.05, 0.1) is 19.8 Å². The first-order chi connectivity index (χ1) is 8.35. The first-order valence-electron chi connectivity index (χ1n) is 6.42. The lowest BCUT2D eigenvalue weighted by atomic mass is 9.82. The van der Waals surface area contributed by atoms with E-state index in [0.29, 0.717) is 0 Å². The summed E-state index contributed by atoms with van der Waals surface area (Å²) in [6.07, 6.45) is 0.943. The molecule has 1 aromatic carbocycles. The van der Waals surface area contributed by atoms with E-state index in [1.165, 1.54) is 5.56 Å². The second kappa shape index (κ2) is 5.72. The van der Waals surface area contributed by atoms with Crippen LogP contribution >= 0.6 is 0 Å². The fourth-order valence-corrected chi connectivity index (χ4v) is 2.08. The molecule has 0 fully saturated rings. The molecule has 0 spiro atoms. The molecule has 0 aliphatic carbocycles. The minimum atomic E-state index is -0.396. The Kier molecular flexibility index (Phi) is 4.77. The smallest absolute Gasteiger partial charge is 0.127 e. The highest BCUT2D eigenvalue weighted by Crippen LogP contribution is 2.37. The molecule has 0 saturated heterocycles. The molecule has 3 N–H and O–H groups in total. The summed E-state index contributed by atoms with van der Waals surface area (Å²) in [5, 5.41) is 9.28. The molecule has 0 saturated carbocycles. The van der Waals surface area contributed by atoms with Gasteiger partial charge in [-0.05, 0) is 17.4 Å². The van der Waals surface area contributed by atoms with Crippen molar-refractivity contribution in [2.75, 3.05) is 13.7 Å². The maximum atomic E-state index is 9.28. The monoisotopic (exact) mass is 251 g/mol. The molecule has 0 aliphatic rings. The third-order valence-corrected chi connectivity index (χ3v) is 3.19. The van der Waals surface area contributed by atoms with Crippen LogP contribution in [0.1, 0.15) is 50.4 Å². The molecule has 0 radical (unpaired) electrons. The molecule has 0 aromatic heterocycles. The van der Waals surface area contributed by atoms with Gasteiger partial charge < -0.3 is 15.6 Å². The van der Waals surface area contributed by atoms with E-state index in [2.05, 4.69) is 33.8 Å². The predicted octanol–water partition coefficient (Wildman–Crippen LogP) is 2.55. The molecule has 3 heteroatoms. The van der Waals surface area contributed by atoms with Gasteiger partial charge >= 0.3 is 0 Å². The Hall–Kier alpha value is -1.06. The molecule has 1 rings (SSSR count). The molecule has 1 aromatic rings. The number of aryl methyl sites for hydroxylation is 1. The van der Waals surface area contributed by atoms with E-state index in [4.69, 9.17) is 10.5 Å². The van der Waals surface area contributed by atoms with Crippen molar-refractivity contribution in [3.8, 4) is 5.75 Å². The third-order valence-electron chi connectivity index (χ3n) is 3.19. The van der Waals surface area contributed by atoms with Gasteiger partial charge in [0, 0.05) is 11.1 Å². The first-order valence-corrected chi connectivity index (χ1v) is 6.42. The maximum Gasteiger partial charge on any atom is 0.127 e. The maximum absolute atomic E-state index is 9.28. The summed E-state index contributed by atoms with van der Waals surface area (Å²) < 4.78 is 5.53. The first kappa shape index (κ1) is 15.0. The zero-order valence-corrected chi connectivity index (χ0v) is 12.1. The highest BCUT2D eigenvalue weighted by atomic mass is 16.5. The Morgan fingerprint density at radius 2 is 1.94 bits per heavy atom. The van der Waals surface area contributed by atoms with Crippen LogP contribution in [0, 0.1) is 0 Å². The Balaban J connectivity index is 3.50. The average Bonchev–Trinajstić information content (AvgIpc) is 2.34. The van der Waals surface area contributed by atoms with E-state index in [1.54, 1.807) is 7.11 Å². The highest BCUT2D eigenvalue weighted by molar-refractivity contribution is 5.49. The van der Waals surface area contributed by atoms with Crippen molar-refractivity contribution in [3.05, 3.63) is 28.8 Å². The van der Waals surface area contributed by atoms with Crippen LogP contribution in [0.2, 0.25) is 0 Å². The summed E-state index contributed by atoms with van der Waals surface area (Å²) >= 11 is 0. The SMILES string of the molecule is CCc1cc(C(N)CO)c(OC)c(C(C)(C)C)c1. The number of hydrogen-bond donors (Lipinski definition) is 2. The van der Waals surface area contributed by atoms with E-state index in [0.717, 1.165) is 23.3 Å². The Morgan fingerprint density at radius 3 is 2.33 bits per heavy atom. The Morgan fingerprint density at radius 1 is 1.33 bits per heavy atom. The zero-order chi connectivity index (χ0) is 13.9. The average molecular weight is 251 g/mol. The van der Waals surface area contributed by atoms with Crippen molar-refractivity contribution in [2.24, 2.45) is 5.73 Å². The fourth-order valence-electron chi connectivity index (χ4n) is 2.08. The Labute approximate surface area is 110 Å². The second-order valence-corrected chi connectivity index (χ2v) is 5.66. The van der Waals surface area contributed by atoms with Crippen LogP contribution in [-0.4, -0.2) is 18.8 Å². The summed E-state index contributed by atoms with van der Waals surface area (Å²) in [5.74, 6) is 0.807. The van der Waals surface area contributed by atoms with E-state index in [-0.39, 0.29) is 12.0 Å². The fraction of sp³-hybridized carbons (Fsp3) is 0.600. The second-order valence-electron chi connectivity index (χ2n) is 5.66. The number of ether oxygens (including phenoxy) is 1. The molecule has 3 nitrogen and oxygen atoms in total. The van der Waals surface area contributed by atoms with Crippen molar-refractivity contribution in [1.82, 2.24) is 0 Å². The number of aliphatic hydroxyl groups excluding tert-OH is 1. The normalized spacial score (nSPS) is 13.5. The third kappa shape index (κ3) is 3.03. The van der Waals surface area contributed by atoms with Crippen LogP contribution in [0.5, 0.6) is 5.75 Å². The Bertz CT molecular complexity index is 408. The van der Waals surface area contributed by atoms with E-state index >= 15 is 0 Å². The molecule has 0 amide bonds. The topological polar surface area (TPSA) is 55.5 Å². The van der Waals surface area contributed by atoms with Gasteiger partial charge in [-0.2, -0.15) is 0 Å². The van der Waals surface area contributed by atoms with Crippen LogP contribution in [0.3, 0.4) is 0 Å². The molecule has 102 valence electrons. The van der Waals surface area contributed by atoms with E-state index < -0.39 is 6.04 Å². The van der Waals surface area contributed by atoms with Crippen molar-refractivity contribution in [3.63, 3.8) is 0 Å². The number of rotatable bonds is 4. The van der Waals surface area contributed by atoms with Crippen molar-refractivity contribution >= 4 is 0 Å². The van der Waals surface area contributed by atoms with Gasteiger partial charge in [-0.1, -0.05) is 39.8 Å². The minimum Gasteiger partial charge on any atom is -0.496 e. The highest BCUT2D eigenvalue weighted by Gasteiger charge is 2.24. The van der Waals surface area contributed by atoms with Crippen molar-refractivity contribution in [2.45, 2.75) is 45.6 Å². The molecule has 0 aliphatic heterocycles. The summed E-state index contributed by atoms with van der Waals surface area (Å²) in [6.45, 7) is 8.49. The van der Waals surface area contributed by atoms with Gasteiger partial charge in [-0.15, -0.1) is 0 Å². The number of nitrogens with two attached hydrogens (primary N) is 1. The molecular formula is C15H25NO2. The number of methoxy groups -OCH3 is 1. The van der Waals surface area contributed by atoms with Crippen LogP contribution in [-0.2, 0) is 11.8 Å². The minimum absolute atomic E-state index is 0.0134. The molecule has 18 heavy (non-hydrogen) atoms. The zero-order valence-electron chi connectivity index (χ0n) is 12.1. The van der Waals surface area contributed by atoms with Gasteiger partial charge in [-0.25, -0.2) is 0 Å². The van der Waals surface area contributed by atoms with Crippen LogP contribution in [0.4, 0.5) is 0 Å². The number of hydrogen-bond acceptors (Lipinski definition) is 3. The lowest BCUT2D eigenvalue weighted by molar-refractivity contribution is 0.264. The summed E-state index contributed by atoms with van der Waals surface area (Å²) in [6, 6.07) is 3.81. The molecule has 0 heterocycles. The number of benzene rings is 1. The van der Waals surface area contributed by atoms with Crippen LogP contribution < -0.4 is 10.5 Å². The summed E-state index contributed by atoms with van der Waals surface area (Å²) in [5.41, 5.74) is 9.22. The largest absolute Gasteiger partial charge is 0.496 e. The standard InChI is InChI=1S/C15H25NO2/c1-6-10-7-11(13(16)9-17)14(18-5)12(8-10)15(2,3)4/h7-8,13,17H,6,9,16H2,1-5H3.